The first-order chi connectivity index (χ1) is 17.7. The molecule has 2 N–H and O–H groups in total. The number of allylic oxidation sites excluding steroid dienone is 1. The molecule has 0 radical (unpaired) electrons. The molecule has 1 atom stereocenters. The van der Waals surface area contributed by atoms with Gasteiger partial charge < -0.3 is 15.4 Å². The Bertz CT molecular complexity index is 1130. The van der Waals surface area contributed by atoms with Crippen LogP contribution < -0.4 is 10.6 Å². The minimum Gasteiger partial charge on any atom is -0.444 e. The van der Waals surface area contributed by atoms with Crippen LogP contribution in [0.5, 0.6) is 0 Å². The zero-order valence-corrected chi connectivity index (χ0v) is 21.5. The average Bonchev–Trinajstić information content (AvgIpc) is 2.89. The molecule has 0 aliphatic rings. The Hall–Kier alpha value is -4.37. The predicted octanol–water partition coefficient (Wildman–Crippen LogP) is 5.85. The van der Waals surface area contributed by atoms with E-state index < -0.39 is 23.3 Å². The van der Waals surface area contributed by atoms with Crippen molar-refractivity contribution >= 4 is 12.0 Å². The van der Waals surface area contributed by atoms with Gasteiger partial charge in [0.15, 0.2) is 0 Å². The Balaban J connectivity index is 1.90. The van der Waals surface area contributed by atoms with Gasteiger partial charge in [-0.1, -0.05) is 97.1 Å². The molecular weight excluding hydrogens is 462 g/mol. The highest BCUT2D eigenvalue weighted by molar-refractivity contribution is 5.79. The van der Waals surface area contributed by atoms with E-state index in [0.717, 1.165) is 16.7 Å². The van der Waals surface area contributed by atoms with E-state index in [1.807, 2.05) is 97.1 Å². The number of carbonyl (C=O) groups excluding carboxylic acids is 2. The fraction of sp³-hybridized carbons (Fsp3) is 0.258. The normalized spacial score (nSPS) is 12.4. The fourth-order valence-electron chi connectivity index (χ4n) is 4.17. The number of ether oxygens (including phenoxy) is 1. The van der Waals surface area contributed by atoms with Crippen molar-refractivity contribution in [2.24, 2.45) is 0 Å². The van der Waals surface area contributed by atoms with Crippen molar-refractivity contribution in [1.29, 1.82) is 5.26 Å². The summed E-state index contributed by atoms with van der Waals surface area (Å²) < 4.78 is 5.34. The van der Waals surface area contributed by atoms with Gasteiger partial charge in [-0.05, 0) is 43.9 Å². The smallest absolute Gasteiger partial charge is 0.408 e. The van der Waals surface area contributed by atoms with Crippen LogP contribution in [-0.4, -0.2) is 23.6 Å². The lowest BCUT2D eigenvalue weighted by Gasteiger charge is -2.37. The highest BCUT2D eigenvalue weighted by atomic mass is 16.6. The lowest BCUT2D eigenvalue weighted by Crippen LogP contribution is -2.48. The molecule has 0 bridgehead atoms. The topological polar surface area (TPSA) is 91.2 Å². The first kappa shape index (κ1) is 27.2. The molecule has 0 aromatic heterocycles. The van der Waals surface area contributed by atoms with Gasteiger partial charge in [0.25, 0.3) is 0 Å². The minimum absolute atomic E-state index is 0.116. The molecule has 0 fully saturated rings. The molecule has 3 rings (SSSR count). The summed E-state index contributed by atoms with van der Waals surface area (Å²) in [6.07, 6.45) is 2.66. The third-order valence-corrected chi connectivity index (χ3v) is 5.73. The standard InChI is InChI=1S/C31H33N3O3/c1-30(2,3)37-29(36)33-27(20-13-23-32)21-22-28(35)34-31(24-14-7-4-8-15-24,25-16-9-5-10-17-25)26-18-11-6-12-19-26/h4-20,27H,21-22H2,1-3H3,(H,33,36)(H,34,35)/b20-13+/t27-/m1/s1. The van der Waals surface area contributed by atoms with Gasteiger partial charge in [-0.3, -0.25) is 4.79 Å². The maximum Gasteiger partial charge on any atom is 0.408 e. The maximum absolute atomic E-state index is 13.5. The molecule has 0 spiro atoms. The van der Waals surface area contributed by atoms with Gasteiger partial charge >= 0.3 is 6.09 Å². The Kier molecular flexibility index (Phi) is 9.23. The SMILES string of the molecule is CC(C)(C)OC(=O)N[C@H](/C=C/C#N)CCC(=O)NC(c1ccccc1)(c1ccccc1)c1ccccc1. The van der Waals surface area contributed by atoms with Gasteiger partial charge in [-0.15, -0.1) is 0 Å². The number of nitriles is 1. The molecule has 0 saturated heterocycles. The van der Waals surface area contributed by atoms with Gasteiger partial charge in [0.05, 0.1) is 12.1 Å². The van der Waals surface area contributed by atoms with Gasteiger partial charge in [0.1, 0.15) is 11.1 Å². The molecular formula is C31H33N3O3. The first-order valence-corrected chi connectivity index (χ1v) is 12.3. The van der Waals surface area contributed by atoms with Crippen LogP contribution in [0.2, 0.25) is 0 Å². The molecule has 190 valence electrons. The number of hydrogen-bond acceptors (Lipinski definition) is 4. The predicted molar refractivity (Wildman–Crippen MR) is 144 cm³/mol. The van der Waals surface area contributed by atoms with Crippen LogP contribution >= 0.6 is 0 Å². The van der Waals surface area contributed by atoms with Crippen LogP contribution in [0, 0.1) is 11.3 Å². The zero-order valence-electron chi connectivity index (χ0n) is 21.5. The van der Waals surface area contributed by atoms with Crippen LogP contribution in [-0.2, 0) is 15.1 Å². The monoisotopic (exact) mass is 495 g/mol. The summed E-state index contributed by atoms with van der Waals surface area (Å²) in [4.78, 5) is 25.8. The Morgan fingerprint density at radius 2 is 1.32 bits per heavy atom. The zero-order chi connectivity index (χ0) is 26.7. The average molecular weight is 496 g/mol. The maximum atomic E-state index is 13.5. The van der Waals surface area contributed by atoms with Gasteiger partial charge in [0.2, 0.25) is 5.91 Å². The fourth-order valence-corrected chi connectivity index (χ4v) is 4.17. The lowest BCUT2D eigenvalue weighted by molar-refractivity contribution is -0.122. The van der Waals surface area contributed by atoms with Crippen LogP contribution in [0.25, 0.3) is 0 Å². The van der Waals surface area contributed by atoms with Crippen molar-refractivity contribution in [3.63, 3.8) is 0 Å². The van der Waals surface area contributed by atoms with Crippen LogP contribution in [0.1, 0.15) is 50.3 Å². The molecule has 3 aromatic rings. The number of benzene rings is 3. The number of hydrogen-bond donors (Lipinski definition) is 2. The molecule has 0 saturated carbocycles. The minimum atomic E-state index is -0.919. The summed E-state index contributed by atoms with van der Waals surface area (Å²) in [5.74, 6) is -0.196. The van der Waals surface area contributed by atoms with E-state index in [4.69, 9.17) is 10.00 Å². The third kappa shape index (κ3) is 7.55. The van der Waals surface area contributed by atoms with E-state index in [0.29, 0.717) is 0 Å². The number of amides is 2. The van der Waals surface area contributed by atoms with Crippen molar-refractivity contribution in [1.82, 2.24) is 10.6 Å². The molecule has 3 aromatic carbocycles. The molecule has 0 heterocycles. The Labute approximate surface area is 219 Å². The van der Waals surface area contributed by atoms with E-state index in [2.05, 4.69) is 10.6 Å². The highest BCUT2D eigenvalue weighted by Gasteiger charge is 2.37. The molecule has 37 heavy (non-hydrogen) atoms. The molecule has 0 aliphatic carbocycles. The number of nitrogens with zero attached hydrogens (tertiary/aromatic N) is 1. The van der Waals surface area contributed by atoms with E-state index in [1.165, 1.54) is 6.08 Å². The van der Waals surface area contributed by atoms with E-state index in [-0.39, 0.29) is 18.7 Å². The summed E-state index contributed by atoms with van der Waals surface area (Å²) in [5.41, 5.74) is 1.19. The van der Waals surface area contributed by atoms with Crippen LogP contribution in [0.3, 0.4) is 0 Å². The number of carbonyl (C=O) groups is 2. The number of alkyl carbamates (subject to hydrolysis) is 1. The Morgan fingerprint density at radius 3 is 1.73 bits per heavy atom. The van der Waals surface area contributed by atoms with Crippen LogP contribution in [0.15, 0.2) is 103 Å². The summed E-state index contributed by atoms with van der Waals surface area (Å²) in [6.45, 7) is 5.32. The third-order valence-electron chi connectivity index (χ3n) is 5.73. The summed E-state index contributed by atoms with van der Waals surface area (Å²) >= 11 is 0. The lowest BCUT2D eigenvalue weighted by atomic mass is 9.77. The molecule has 0 aliphatic heterocycles. The second kappa shape index (κ2) is 12.5. The second-order valence-electron chi connectivity index (χ2n) is 9.68. The quantitative estimate of drug-likeness (QED) is 0.288. The van der Waals surface area contributed by atoms with Crippen molar-refractivity contribution in [3.8, 4) is 6.07 Å². The summed E-state index contributed by atoms with van der Waals surface area (Å²) in [7, 11) is 0. The van der Waals surface area contributed by atoms with E-state index in [1.54, 1.807) is 26.8 Å². The van der Waals surface area contributed by atoms with Crippen molar-refractivity contribution in [2.75, 3.05) is 0 Å². The van der Waals surface area contributed by atoms with E-state index >= 15 is 0 Å². The number of nitrogens with one attached hydrogen (secondary N) is 2. The van der Waals surface area contributed by atoms with Gasteiger partial charge in [-0.2, -0.15) is 5.26 Å². The van der Waals surface area contributed by atoms with Crippen LogP contribution in [0.4, 0.5) is 4.79 Å². The summed E-state index contributed by atoms with van der Waals surface area (Å²) in [5, 5.41) is 15.0. The van der Waals surface area contributed by atoms with Crippen molar-refractivity contribution in [3.05, 3.63) is 120 Å². The van der Waals surface area contributed by atoms with Crippen molar-refractivity contribution in [2.45, 2.75) is 50.8 Å². The van der Waals surface area contributed by atoms with Gasteiger partial charge in [0, 0.05) is 12.5 Å². The molecule has 6 heteroatoms. The highest BCUT2D eigenvalue weighted by Crippen LogP contribution is 2.36. The van der Waals surface area contributed by atoms with E-state index in [9.17, 15) is 9.59 Å². The largest absolute Gasteiger partial charge is 0.444 e. The van der Waals surface area contributed by atoms with Crippen molar-refractivity contribution < 1.29 is 14.3 Å². The first-order valence-electron chi connectivity index (χ1n) is 12.3. The Morgan fingerprint density at radius 1 is 0.865 bits per heavy atom. The molecule has 0 unspecified atom stereocenters. The van der Waals surface area contributed by atoms with Gasteiger partial charge in [-0.25, -0.2) is 4.79 Å². The number of rotatable bonds is 9. The molecule has 6 nitrogen and oxygen atoms in total. The molecule has 2 amide bonds. The second-order valence-corrected chi connectivity index (χ2v) is 9.68. The summed E-state index contributed by atoms with van der Waals surface area (Å²) in [6, 6.07) is 31.0.